The molecule has 1 unspecified atom stereocenters. The number of methoxy groups -OCH3 is 2. The number of nitrogens with zero attached hydrogens (tertiary/aromatic N) is 4. The van der Waals surface area contributed by atoms with Crippen LogP contribution in [0.5, 0.6) is 11.5 Å². The molecular weight excluding hydrogens is 598 g/mol. The summed E-state index contributed by atoms with van der Waals surface area (Å²) in [7, 11) is 1.50. The lowest BCUT2D eigenvalue weighted by atomic mass is 9.99. The van der Waals surface area contributed by atoms with Gasteiger partial charge in [-0.05, 0) is 81.6 Å². The summed E-state index contributed by atoms with van der Waals surface area (Å²) >= 11 is 0. The van der Waals surface area contributed by atoms with Crippen LogP contribution in [0.4, 0.5) is 0 Å². The van der Waals surface area contributed by atoms with Crippen molar-refractivity contribution in [2.45, 2.75) is 55.3 Å². The van der Waals surface area contributed by atoms with Crippen molar-refractivity contribution in [3.8, 4) is 22.8 Å². The number of fused-ring (bicyclic) bond motifs is 2. The summed E-state index contributed by atoms with van der Waals surface area (Å²) in [4.78, 5) is 13.3. The maximum Gasteiger partial charge on any atom is 0.198 e. The number of aryl methyl sites for hydroxylation is 2. The predicted molar refractivity (Wildman–Crippen MR) is 182 cm³/mol. The maximum atomic E-state index is 14.6. The van der Waals surface area contributed by atoms with Crippen molar-refractivity contribution in [3.63, 3.8) is 0 Å². The van der Waals surface area contributed by atoms with Crippen LogP contribution in [0.25, 0.3) is 33.2 Å². The third-order valence-electron chi connectivity index (χ3n) is 10.00. The summed E-state index contributed by atoms with van der Waals surface area (Å²) in [5.41, 5.74) is 5.28. The molecule has 7 rings (SSSR count). The Morgan fingerprint density at radius 2 is 1.59 bits per heavy atom. The average molecular weight is 642 g/mol. The summed E-state index contributed by atoms with van der Waals surface area (Å²) in [5, 5.41) is 0.981. The van der Waals surface area contributed by atoms with Crippen LogP contribution in [0.2, 0.25) is 0 Å². The molecule has 0 bridgehead atoms. The van der Waals surface area contributed by atoms with E-state index in [0.29, 0.717) is 28.1 Å². The standard InChI is InChI=1S/C36H43N5O4S/c1-24-8-10-26(11-9-24)46(42,43)36(41-18-13-25(14-19-41)40-16-6-5-7-17-40)27-12-15-37-35-29(27)20-31(38-35)30-23-39(2)32-22-34(45-4)33(44-3)21-28(30)32/h8-12,15,20-23,25,36H,5-7,13-14,16-19H2,1-4H3,(H,37,38). The normalized spacial score (nSPS) is 17.9. The molecule has 46 heavy (non-hydrogen) atoms. The van der Waals surface area contributed by atoms with Crippen molar-refractivity contribution in [2.24, 2.45) is 7.05 Å². The Labute approximate surface area is 271 Å². The first kappa shape index (κ1) is 30.8. The van der Waals surface area contributed by atoms with Gasteiger partial charge in [0.15, 0.2) is 21.3 Å². The second-order valence-electron chi connectivity index (χ2n) is 12.8. The van der Waals surface area contributed by atoms with E-state index < -0.39 is 15.2 Å². The molecule has 0 saturated carbocycles. The molecular formula is C36H43N5O4S. The van der Waals surface area contributed by atoms with Gasteiger partial charge in [-0.25, -0.2) is 13.4 Å². The zero-order valence-electron chi connectivity index (χ0n) is 27.1. The molecule has 2 aliphatic rings. The van der Waals surface area contributed by atoms with Crippen LogP contribution in [0.1, 0.15) is 48.6 Å². The molecule has 5 heterocycles. The number of benzene rings is 2. The number of aromatic nitrogens is 3. The van der Waals surface area contributed by atoms with Crippen LogP contribution in [0.3, 0.4) is 0 Å². The molecule has 10 heteroatoms. The van der Waals surface area contributed by atoms with Crippen LogP contribution in [0, 0.1) is 6.92 Å². The molecule has 1 atom stereocenters. The molecule has 2 fully saturated rings. The van der Waals surface area contributed by atoms with E-state index in [4.69, 9.17) is 9.47 Å². The number of likely N-dealkylation sites (tertiary alicyclic amines) is 2. The number of rotatable bonds is 8. The molecule has 5 aromatic rings. The summed E-state index contributed by atoms with van der Waals surface area (Å²) in [5.74, 6) is 1.31. The van der Waals surface area contributed by atoms with Gasteiger partial charge < -0.3 is 23.9 Å². The van der Waals surface area contributed by atoms with Crippen molar-refractivity contribution in [3.05, 3.63) is 72.1 Å². The molecule has 1 N–H and O–H groups in total. The van der Waals surface area contributed by atoms with E-state index in [0.717, 1.165) is 77.7 Å². The minimum absolute atomic E-state index is 0.345. The highest BCUT2D eigenvalue weighted by Gasteiger charge is 2.39. The zero-order chi connectivity index (χ0) is 32.0. The fraction of sp³-hybridized carbons (Fsp3) is 0.417. The van der Waals surface area contributed by atoms with E-state index in [-0.39, 0.29) is 0 Å². The van der Waals surface area contributed by atoms with Gasteiger partial charge in [-0.15, -0.1) is 0 Å². The van der Waals surface area contributed by atoms with Crippen LogP contribution in [-0.4, -0.2) is 79.2 Å². The van der Waals surface area contributed by atoms with E-state index in [9.17, 15) is 8.42 Å². The van der Waals surface area contributed by atoms with Crippen molar-refractivity contribution >= 4 is 31.8 Å². The summed E-state index contributed by atoms with van der Waals surface area (Å²) in [6, 6.07) is 15.7. The van der Waals surface area contributed by atoms with Crippen LogP contribution < -0.4 is 9.47 Å². The third-order valence-corrected chi connectivity index (χ3v) is 12.1. The van der Waals surface area contributed by atoms with Crippen molar-refractivity contribution in [2.75, 3.05) is 40.4 Å². The third kappa shape index (κ3) is 5.46. The Balaban J connectivity index is 1.32. The minimum Gasteiger partial charge on any atom is -0.493 e. The quantitative estimate of drug-likeness (QED) is 0.208. The van der Waals surface area contributed by atoms with Gasteiger partial charge in [-0.2, -0.15) is 0 Å². The highest BCUT2D eigenvalue weighted by atomic mass is 32.2. The molecule has 2 saturated heterocycles. The van der Waals surface area contributed by atoms with E-state index in [1.54, 1.807) is 32.5 Å². The molecule has 0 amide bonds. The van der Waals surface area contributed by atoms with Crippen molar-refractivity contribution in [1.82, 2.24) is 24.3 Å². The maximum absolute atomic E-state index is 14.6. The van der Waals surface area contributed by atoms with Gasteiger partial charge in [-0.1, -0.05) is 24.1 Å². The number of ether oxygens (including phenoxy) is 2. The molecule has 0 spiro atoms. The molecule has 2 aromatic carbocycles. The first-order valence-electron chi connectivity index (χ1n) is 16.3. The molecule has 9 nitrogen and oxygen atoms in total. The predicted octanol–water partition coefficient (Wildman–Crippen LogP) is 6.47. The average Bonchev–Trinajstić information content (AvgIpc) is 3.66. The van der Waals surface area contributed by atoms with Gasteiger partial charge >= 0.3 is 0 Å². The fourth-order valence-electron chi connectivity index (χ4n) is 7.52. The molecule has 0 aliphatic carbocycles. The van der Waals surface area contributed by atoms with E-state index >= 15 is 0 Å². The Morgan fingerprint density at radius 3 is 2.28 bits per heavy atom. The topological polar surface area (TPSA) is 92.7 Å². The van der Waals surface area contributed by atoms with E-state index in [2.05, 4.69) is 36.6 Å². The highest BCUT2D eigenvalue weighted by molar-refractivity contribution is 7.91. The largest absolute Gasteiger partial charge is 0.493 e. The Kier molecular flexibility index (Phi) is 8.29. The van der Waals surface area contributed by atoms with Gasteiger partial charge in [0.05, 0.1) is 24.6 Å². The van der Waals surface area contributed by atoms with Crippen LogP contribution in [0.15, 0.2) is 65.8 Å². The number of hydrogen-bond acceptors (Lipinski definition) is 7. The monoisotopic (exact) mass is 641 g/mol. The van der Waals surface area contributed by atoms with Gasteiger partial charge in [0.2, 0.25) is 0 Å². The first-order valence-corrected chi connectivity index (χ1v) is 17.8. The van der Waals surface area contributed by atoms with Gasteiger partial charge in [0.25, 0.3) is 0 Å². The smallest absolute Gasteiger partial charge is 0.198 e. The lowest BCUT2D eigenvalue weighted by molar-refractivity contribution is 0.0866. The van der Waals surface area contributed by atoms with E-state index in [1.165, 1.54) is 19.3 Å². The lowest BCUT2D eigenvalue weighted by Crippen LogP contribution is -2.48. The van der Waals surface area contributed by atoms with Gasteiger partial charge in [0, 0.05) is 66.7 Å². The Morgan fingerprint density at radius 1 is 0.891 bits per heavy atom. The van der Waals surface area contributed by atoms with Gasteiger partial charge in [0.1, 0.15) is 11.0 Å². The summed E-state index contributed by atoms with van der Waals surface area (Å²) < 4.78 is 42.5. The lowest BCUT2D eigenvalue weighted by Gasteiger charge is -2.42. The second-order valence-corrected chi connectivity index (χ2v) is 14.8. The number of aromatic amines is 1. The number of H-pyrrole nitrogens is 1. The number of pyridine rings is 1. The molecule has 242 valence electrons. The molecule has 0 radical (unpaired) electrons. The van der Waals surface area contributed by atoms with Crippen molar-refractivity contribution < 1.29 is 17.9 Å². The number of nitrogens with one attached hydrogen (secondary N) is 1. The first-order chi connectivity index (χ1) is 22.3. The van der Waals surface area contributed by atoms with Gasteiger partial charge in [-0.3, -0.25) is 4.90 Å². The fourth-order valence-corrected chi connectivity index (χ4v) is 9.43. The SMILES string of the molecule is COc1cc2c(-c3cc4c(C(N5CCC(N6CCCCC6)CC5)S(=O)(=O)c5ccc(C)cc5)ccnc4[nH]3)cn(C)c2cc1OC. The second kappa shape index (κ2) is 12.4. The number of sulfone groups is 1. The summed E-state index contributed by atoms with van der Waals surface area (Å²) in [6.07, 6.45) is 9.55. The van der Waals surface area contributed by atoms with Crippen molar-refractivity contribution in [1.29, 1.82) is 0 Å². The Bertz CT molecular complexity index is 1970. The van der Waals surface area contributed by atoms with Crippen LogP contribution in [-0.2, 0) is 16.9 Å². The number of hydrogen-bond donors (Lipinski definition) is 1. The molecule has 3 aromatic heterocycles. The van der Waals surface area contributed by atoms with Crippen LogP contribution >= 0.6 is 0 Å². The molecule has 2 aliphatic heterocycles. The zero-order valence-corrected chi connectivity index (χ0v) is 27.9. The van der Waals surface area contributed by atoms with E-state index in [1.807, 2.05) is 44.3 Å². The Hall–Kier alpha value is -3.86. The highest BCUT2D eigenvalue weighted by Crippen LogP contribution is 2.42. The number of piperidine rings is 2. The minimum atomic E-state index is -3.77. The summed E-state index contributed by atoms with van der Waals surface area (Å²) in [6.45, 7) is 5.73.